The molecule has 156 valence electrons. The van der Waals surface area contributed by atoms with E-state index in [2.05, 4.69) is 20.1 Å². The Bertz CT molecular complexity index is 910. The van der Waals surface area contributed by atoms with Gasteiger partial charge in [-0.05, 0) is 35.4 Å². The summed E-state index contributed by atoms with van der Waals surface area (Å²) >= 11 is 1.39. The number of benzene rings is 2. The molecule has 2 aromatic carbocycles. The lowest BCUT2D eigenvalue weighted by Gasteiger charge is -2.39. The number of hydrogen-bond acceptors (Lipinski definition) is 5. The van der Waals surface area contributed by atoms with Crippen LogP contribution in [0.3, 0.4) is 0 Å². The Hall–Kier alpha value is -2.68. The molecular formula is C22H22F2N4OS. The second kappa shape index (κ2) is 9.42. The third kappa shape index (κ3) is 5.08. The third-order valence-corrected chi connectivity index (χ3v) is 5.88. The maximum Gasteiger partial charge on any atom is 0.240 e. The van der Waals surface area contributed by atoms with Gasteiger partial charge in [-0.1, -0.05) is 24.3 Å². The second-order valence-corrected chi connectivity index (χ2v) is 8.10. The highest BCUT2D eigenvalue weighted by atomic mass is 32.1. The number of amides is 1. The summed E-state index contributed by atoms with van der Waals surface area (Å²) in [6, 6.07) is 12.8. The van der Waals surface area contributed by atoms with E-state index in [0.29, 0.717) is 11.7 Å². The predicted octanol–water partition coefficient (Wildman–Crippen LogP) is 3.77. The van der Waals surface area contributed by atoms with Crippen LogP contribution >= 0.6 is 11.3 Å². The lowest BCUT2D eigenvalue weighted by Crippen LogP contribution is -2.49. The standard InChI is InChI=1S/C22H22F2N4OS/c23-18-5-1-16(2-6-18)21(17-3-7-19(24)8-4-17)28-12-10-27(11-13-28)15-20(29)26-22-25-9-14-30-22/h1-9,14,21H,10-13,15H2,(H,25,26,29). The summed E-state index contributed by atoms with van der Waals surface area (Å²) in [7, 11) is 0. The van der Waals surface area contributed by atoms with Crippen LogP contribution in [0.2, 0.25) is 0 Å². The quantitative estimate of drug-likeness (QED) is 0.650. The van der Waals surface area contributed by atoms with Gasteiger partial charge in [0.05, 0.1) is 12.6 Å². The van der Waals surface area contributed by atoms with Crippen LogP contribution in [0.25, 0.3) is 0 Å². The minimum absolute atomic E-state index is 0.0768. The van der Waals surface area contributed by atoms with Crippen molar-refractivity contribution in [1.29, 1.82) is 0 Å². The monoisotopic (exact) mass is 428 g/mol. The van der Waals surface area contributed by atoms with E-state index < -0.39 is 0 Å². The van der Waals surface area contributed by atoms with Gasteiger partial charge in [-0.3, -0.25) is 14.6 Å². The number of aromatic nitrogens is 1. The van der Waals surface area contributed by atoms with Gasteiger partial charge in [0.25, 0.3) is 0 Å². The van der Waals surface area contributed by atoms with Crippen molar-refractivity contribution in [3.05, 3.63) is 82.9 Å². The fraction of sp³-hybridized carbons (Fsp3) is 0.273. The summed E-state index contributed by atoms with van der Waals surface area (Å²) < 4.78 is 26.9. The highest BCUT2D eigenvalue weighted by Gasteiger charge is 2.27. The zero-order valence-electron chi connectivity index (χ0n) is 16.3. The Labute approximate surface area is 178 Å². The van der Waals surface area contributed by atoms with E-state index >= 15 is 0 Å². The van der Waals surface area contributed by atoms with Crippen molar-refractivity contribution < 1.29 is 13.6 Å². The molecule has 2 heterocycles. The largest absolute Gasteiger partial charge is 0.301 e. The fourth-order valence-electron chi connectivity index (χ4n) is 3.73. The summed E-state index contributed by atoms with van der Waals surface area (Å²) in [6.45, 7) is 3.24. The number of halogens is 2. The first kappa shape index (κ1) is 20.6. The van der Waals surface area contributed by atoms with E-state index in [1.54, 1.807) is 30.5 Å². The van der Waals surface area contributed by atoms with Crippen LogP contribution in [0, 0.1) is 11.6 Å². The molecule has 0 unspecified atom stereocenters. The molecule has 1 saturated heterocycles. The normalized spacial score (nSPS) is 15.4. The van der Waals surface area contributed by atoms with Gasteiger partial charge in [-0.2, -0.15) is 0 Å². The highest BCUT2D eigenvalue weighted by molar-refractivity contribution is 7.13. The molecule has 0 spiro atoms. The summed E-state index contributed by atoms with van der Waals surface area (Å²) in [5, 5.41) is 5.23. The van der Waals surface area contributed by atoms with Crippen LogP contribution in [0.4, 0.5) is 13.9 Å². The van der Waals surface area contributed by atoms with Crippen LogP contribution in [-0.2, 0) is 4.79 Å². The van der Waals surface area contributed by atoms with Gasteiger partial charge < -0.3 is 5.32 Å². The predicted molar refractivity (Wildman–Crippen MR) is 113 cm³/mol. The molecule has 0 aliphatic carbocycles. The lowest BCUT2D eigenvalue weighted by atomic mass is 9.96. The molecule has 1 N–H and O–H groups in total. The molecule has 0 atom stereocenters. The van der Waals surface area contributed by atoms with E-state index in [4.69, 9.17) is 0 Å². The smallest absolute Gasteiger partial charge is 0.240 e. The van der Waals surface area contributed by atoms with Crippen molar-refractivity contribution in [3.63, 3.8) is 0 Å². The molecule has 1 amide bonds. The van der Waals surface area contributed by atoms with Crippen molar-refractivity contribution in [2.75, 3.05) is 38.0 Å². The van der Waals surface area contributed by atoms with Crippen molar-refractivity contribution in [2.45, 2.75) is 6.04 Å². The van der Waals surface area contributed by atoms with Gasteiger partial charge >= 0.3 is 0 Å². The van der Waals surface area contributed by atoms with E-state index in [1.165, 1.54) is 35.6 Å². The minimum atomic E-state index is -0.285. The number of nitrogens with zero attached hydrogens (tertiary/aromatic N) is 3. The van der Waals surface area contributed by atoms with E-state index in [-0.39, 0.29) is 23.6 Å². The van der Waals surface area contributed by atoms with Crippen molar-refractivity contribution in [2.24, 2.45) is 0 Å². The molecule has 3 aromatic rings. The number of anilines is 1. The van der Waals surface area contributed by atoms with Crippen molar-refractivity contribution in [3.8, 4) is 0 Å². The Kier molecular flexibility index (Phi) is 6.47. The van der Waals surface area contributed by atoms with E-state index in [0.717, 1.165) is 37.3 Å². The van der Waals surface area contributed by atoms with Gasteiger partial charge in [-0.25, -0.2) is 13.8 Å². The van der Waals surface area contributed by atoms with E-state index in [9.17, 15) is 13.6 Å². The summed E-state index contributed by atoms with van der Waals surface area (Å²) in [4.78, 5) is 20.7. The van der Waals surface area contributed by atoms with Gasteiger partial charge in [0, 0.05) is 37.8 Å². The van der Waals surface area contributed by atoms with Crippen LogP contribution in [0.1, 0.15) is 17.2 Å². The topological polar surface area (TPSA) is 48.5 Å². The maximum absolute atomic E-state index is 13.4. The van der Waals surface area contributed by atoms with Gasteiger partial charge in [0.2, 0.25) is 5.91 Å². The van der Waals surface area contributed by atoms with Gasteiger partial charge in [-0.15, -0.1) is 11.3 Å². The number of hydrogen-bond donors (Lipinski definition) is 1. The van der Waals surface area contributed by atoms with Crippen LogP contribution in [-0.4, -0.2) is 53.4 Å². The molecule has 1 fully saturated rings. The molecule has 1 aliphatic rings. The number of nitrogens with one attached hydrogen (secondary N) is 1. The van der Waals surface area contributed by atoms with Crippen LogP contribution in [0.15, 0.2) is 60.1 Å². The Morgan fingerprint density at radius 1 is 0.967 bits per heavy atom. The van der Waals surface area contributed by atoms with Crippen molar-refractivity contribution >= 4 is 22.4 Å². The van der Waals surface area contributed by atoms with Gasteiger partial charge in [0.15, 0.2) is 5.13 Å². The number of piperazine rings is 1. The number of carbonyl (C=O) groups is 1. The first-order valence-corrected chi connectivity index (χ1v) is 10.6. The van der Waals surface area contributed by atoms with Crippen LogP contribution in [0.5, 0.6) is 0 Å². The molecule has 8 heteroatoms. The molecule has 0 saturated carbocycles. The molecule has 0 radical (unpaired) electrons. The molecule has 1 aromatic heterocycles. The molecular weight excluding hydrogens is 406 g/mol. The lowest BCUT2D eigenvalue weighted by molar-refractivity contribution is -0.117. The minimum Gasteiger partial charge on any atom is -0.301 e. The summed E-state index contributed by atoms with van der Waals surface area (Å²) in [5.41, 5.74) is 1.91. The zero-order chi connectivity index (χ0) is 20.9. The molecule has 0 bridgehead atoms. The second-order valence-electron chi connectivity index (χ2n) is 7.20. The van der Waals surface area contributed by atoms with Gasteiger partial charge in [0.1, 0.15) is 11.6 Å². The number of rotatable bonds is 6. The summed E-state index contributed by atoms with van der Waals surface area (Å²) in [6.07, 6.45) is 1.66. The first-order valence-electron chi connectivity index (χ1n) is 9.75. The number of thiazole rings is 1. The Balaban J connectivity index is 1.43. The van der Waals surface area contributed by atoms with Crippen molar-refractivity contribution in [1.82, 2.24) is 14.8 Å². The SMILES string of the molecule is O=C(CN1CCN(C(c2ccc(F)cc2)c2ccc(F)cc2)CC1)Nc1nccs1. The average molecular weight is 429 g/mol. The zero-order valence-corrected chi connectivity index (χ0v) is 17.1. The van der Waals surface area contributed by atoms with E-state index in [1.807, 2.05) is 5.38 Å². The summed E-state index contributed by atoms with van der Waals surface area (Å²) in [5.74, 6) is -0.646. The third-order valence-electron chi connectivity index (χ3n) is 5.19. The molecule has 5 nitrogen and oxygen atoms in total. The highest BCUT2D eigenvalue weighted by Crippen LogP contribution is 2.30. The first-order chi connectivity index (χ1) is 14.6. The van der Waals surface area contributed by atoms with Crippen LogP contribution < -0.4 is 5.32 Å². The Morgan fingerprint density at radius 2 is 1.53 bits per heavy atom. The Morgan fingerprint density at radius 3 is 2.03 bits per heavy atom. The molecule has 4 rings (SSSR count). The maximum atomic E-state index is 13.4. The average Bonchev–Trinajstić information content (AvgIpc) is 3.25. The molecule has 1 aliphatic heterocycles. The fourth-order valence-corrected chi connectivity index (χ4v) is 4.28. The number of carbonyl (C=O) groups excluding carboxylic acids is 1. The molecule has 30 heavy (non-hydrogen) atoms.